The van der Waals surface area contributed by atoms with Gasteiger partial charge >= 0.3 is 0 Å². The van der Waals surface area contributed by atoms with Crippen LogP contribution in [-0.4, -0.2) is 57.8 Å². The lowest BCUT2D eigenvalue weighted by molar-refractivity contribution is -0.143. The average Bonchev–Trinajstić information content (AvgIpc) is 2.71. The zero-order valence-corrected chi connectivity index (χ0v) is 19.1. The summed E-state index contributed by atoms with van der Waals surface area (Å²) in [6.07, 6.45) is 3.34. The number of amides is 1. The lowest BCUT2D eigenvalue weighted by Crippen LogP contribution is -2.53. The molecule has 7 heteroatoms. The van der Waals surface area contributed by atoms with E-state index in [0.29, 0.717) is 25.6 Å². The molecule has 3 rings (SSSR count). The summed E-state index contributed by atoms with van der Waals surface area (Å²) in [5.41, 5.74) is 2.12. The number of methoxy groups -OCH3 is 2. The number of carbonyl (C=O) groups is 1. The highest BCUT2D eigenvalue weighted by molar-refractivity contribution is 5.85. The van der Waals surface area contributed by atoms with Gasteiger partial charge < -0.3 is 24.4 Å². The lowest BCUT2D eigenvalue weighted by Gasteiger charge is -2.45. The van der Waals surface area contributed by atoms with Gasteiger partial charge in [0.25, 0.3) is 0 Å². The number of nitrogens with zero attached hydrogens (tertiary/aromatic N) is 1. The fraction of sp³-hybridized carbons (Fsp3) is 0.682. The molecule has 1 amide bonds. The van der Waals surface area contributed by atoms with Gasteiger partial charge in [0.05, 0.1) is 32.5 Å². The van der Waals surface area contributed by atoms with E-state index in [4.69, 9.17) is 14.2 Å². The van der Waals surface area contributed by atoms with Crippen LogP contribution in [0.25, 0.3) is 0 Å². The summed E-state index contributed by atoms with van der Waals surface area (Å²) in [5.74, 6) is 2.18. The number of nitrogens with one attached hydrogen (secondary N) is 1. The molecule has 1 spiro atoms. The first-order valence-corrected chi connectivity index (χ1v) is 10.3. The van der Waals surface area contributed by atoms with Gasteiger partial charge in [0.2, 0.25) is 5.91 Å². The molecule has 164 valence electrons. The van der Waals surface area contributed by atoms with Crippen LogP contribution < -0.4 is 14.8 Å². The predicted molar refractivity (Wildman–Crippen MR) is 116 cm³/mol. The number of carbonyl (C=O) groups excluding carboxylic acids is 1. The number of fused-ring (bicyclic) bond motifs is 2. The molecular weight excluding hydrogens is 392 g/mol. The van der Waals surface area contributed by atoms with Gasteiger partial charge in [-0.15, -0.1) is 12.4 Å². The van der Waals surface area contributed by atoms with Gasteiger partial charge in [0.1, 0.15) is 0 Å². The highest BCUT2D eigenvalue weighted by Crippen LogP contribution is 2.45. The summed E-state index contributed by atoms with van der Waals surface area (Å²) in [6.45, 7) is 6.42. The van der Waals surface area contributed by atoms with E-state index in [0.717, 1.165) is 37.2 Å². The quantitative estimate of drug-likeness (QED) is 0.757. The van der Waals surface area contributed by atoms with Crippen molar-refractivity contribution in [3.05, 3.63) is 23.3 Å². The molecule has 2 aliphatic heterocycles. The van der Waals surface area contributed by atoms with Crippen molar-refractivity contribution in [3.63, 3.8) is 0 Å². The number of halogens is 1. The molecule has 1 saturated heterocycles. The number of ether oxygens (including phenoxy) is 3. The van der Waals surface area contributed by atoms with Crippen LogP contribution in [-0.2, 0) is 21.6 Å². The first-order chi connectivity index (χ1) is 13.4. The topological polar surface area (TPSA) is 60.0 Å². The molecule has 0 radical (unpaired) electrons. The highest BCUT2D eigenvalue weighted by atomic mass is 35.5. The van der Waals surface area contributed by atoms with Crippen molar-refractivity contribution in [3.8, 4) is 11.5 Å². The number of benzene rings is 1. The van der Waals surface area contributed by atoms with Crippen LogP contribution in [0.2, 0.25) is 0 Å². The van der Waals surface area contributed by atoms with Crippen LogP contribution in [0.15, 0.2) is 12.1 Å². The first-order valence-electron chi connectivity index (χ1n) is 10.3. The largest absolute Gasteiger partial charge is 0.493 e. The number of hydrogen-bond acceptors (Lipinski definition) is 5. The number of hydrogen-bond donors (Lipinski definition) is 1. The number of piperidine rings is 1. The van der Waals surface area contributed by atoms with Gasteiger partial charge in [0, 0.05) is 13.1 Å². The zero-order valence-electron chi connectivity index (χ0n) is 18.2. The summed E-state index contributed by atoms with van der Waals surface area (Å²) in [4.78, 5) is 14.9. The minimum atomic E-state index is -0.336. The van der Waals surface area contributed by atoms with E-state index >= 15 is 0 Å². The highest BCUT2D eigenvalue weighted by Gasteiger charge is 2.43. The van der Waals surface area contributed by atoms with Crippen LogP contribution >= 0.6 is 12.4 Å². The Morgan fingerprint density at radius 3 is 2.38 bits per heavy atom. The lowest BCUT2D eigenvalue weighted by atomic mass is 9.79. The molecule has 1 aromatic carbocycles. The minimum absolute atomic E-state index is 0. The maximum Gasteiger partial charge on any atom is 0.239 e. The molecule has 0 aromatic heterocycles. The fourth-order valence-corrected chi connectivity index (χ4v) is 4.52. The Balaban J connectivity index is 0.00000300. The van der Waals surface area contributed by atoms with Crippen LogP contribution in [0, 0.1) is 5.92 Å². The van der Waals surface area contributed by atoms with Gasteiger partial charge in [-0.2, -0.15) is 0 Å². The second-order valence-corrected chi connectivity index (χ2v) is 8.25. The second kappa shape index (κ2) is 10.0. The predicted octanol–water partition coefficient (Wildman–Crippen LogP) is 3.15. The normalized spacial score (nSPS) is 18.8. The van der Waals surface area contributed by atoms with Crippen molar-refractivity contribution < 1.29 is 19.0 Å². The van der Waals surface area contributed by atoms with Gasteiger partial charge in [-0.3, -0.25) is 4.79 Å². The van der Waals surface area contributed by atoms with E-state index in [1.165, 1.54) is 11.1 Å². The zero-order chi connectivity index (χ0) is 20.3. The number of likely N-dealkylation sites (tertiary alicyclic amines) is 1. The fourth-order valence-electron chi connectivity index (χ4n) is 4.52. The smallest absolute Gasteiger partial charge is 0.239 e. The van der Waals surface area contributed by atoms with Crippen LogP contribution in [0.4, 0.5) is 0 Å². The molecule has 1 aromatic rings. The SMILES string of the molecule is CN[C@@H](CC(C)C)C(=O)N1CCC2(CC1)OCCc1cc(OC)c(OC)cc12.Cl. The standard InChI is InChI=1S/C22H34N2O4.ClH/c1-15(2)12-18(23-3)21(25)24-9-7-22(8-10-24)17-14-20(27-5)19(26-4)13-16(17)6-11-28-22;/h13-15,18,23H,6-12H2,1-5H3;1H/t18-;/m0./s1. The van der Waals surface area contributed by atoms with Crippen LogP contribution in [0.1, 0.15) is 44.2 Å². The van der Waals surface area contributed by atoms with Crippen molar-refractivity contribution in [1.29, 1.82) is 0 Å². The molecule has 6 nitrogen and oxygen atoms in total. The van der Waals surface area contributed by atoms with E-state index in [-0.39, 0.29) is 30.0 Å². The monoisotopic (exact) mass is 426 g/mol. The molecule has 1 fully saturated rings. The number of likely N-dealkylation sites (N-methyl/N-ethyl adjacent to an activating group) is 1. The molecule has 0 unspecified atom stereocenters. The second-order valence-electron chi connectivity index (χ2n) is 8.25. The third-order valence-corrected chi connectivity index (χ3v) is 6.09. The summed E-state index contributed by atoms with van der Waals surface area (Å²) in [5, 5.41) is 3.19. The summed E-state index contributed by atoms with van der Waals surface area (Å²) in [7, 11) is 5.20. The van der Waals surface area contributed by atoms with Gasteiger partial charge in [-0.1, -0.05) is 13.8 Å². The third-order valence-electron chi connectivity index (χ3n) is 6.09. The molecular formula is C22H35ClN2O4. The van der Waals surface area contributed by atoms with Crippen molar-refractivity contribution in [2.24, 2.45) is 5.92 Å². The maximum absolute atomic E-state index is 13.0. The minimum Gasteiger partial charge on any atom is -0.493 e. The van der Waals surface area contributed by atoms with Crippen LogP contribution in [0.3, 0.4) is 0 Å². The molecule has 0 bridgehead atoms. The van der Waals surface area contributed by atoms with Gasteiger partial charge in [-0.25, -0.2) is 0 Å². The summed E-state index contributed by atoms with van der Waals surface area (Å²) < 4.78 is 17.3. The Morgan fingerprint density at radius 1 is 1.21 bits per heavy atom. The van der Waals surface area contributed by atoms with Crippen molar-refractivity contribution >= 4 is 18.3 Å². The Labute approximate surface area is 180 Å². The van der Waals surface area contributed by atoms with E-state index in [1.807, 2.05) is 11.9 Å². The molecule has 2 aliphatic rings. The number of rotatable bonds is 6. The third kappa shape index (κ3) is 4.81. The van der Waals surface area contributed by atoms with Crippen LogP contribution in [0.5, 0.6) is 11.5 Å². The summed E-state index contributed by atoms with van der Waals surface area (Å²) in [6, 6.07) is 4.04. The van der Waals surface area contributed by atoms with Gasteiger partial charge in [-0.05, 0) is 61.9 Å². The molecule has 1 N–H and O–H groups in total. The van der Waals surface area contributed by atoms with Crippen molar-refractivity contribution in [2.75, 3.05) is 41.0 Å². The molecule has 0 saturated carbocycles. The van der Waals surface area contributed by atoms with Crippen molar-refractivity contribution in [2.45, 2.75) is 51.2 Å². The Morgan fingerprint density at radius 2 is 1.83 bits per heavy atom. The Kier molecular flexibility index (Phi) is 8.20. The van der Waals surface area contributed by atoms with Crippen molar-refractivity contribution in [1.82, 2.24) is 10.2 Å². The average molecular weight is 427 g/mol. The maximum atomic E-state index is 13.0. The first kappa shape index (κ1) is 23.8. The Bertz CT molecular complexity index is 702. The molecule has 2 heterocycles. The van der Waals surface area contributed by atoms with E-state index < -0.39 is 0 Å². The molecule has 29 heavy (non-hydrogen) atoms. The summed E-state index contributed by atoms with van der Waals surface area (Å²) >= 11 is 0. The molecule has 1 atom stereocenters. The Hall–Kier alpha value is -1.50. The van der Waals surface area contributed by atoms with E-state index in [1.54, 1.807) is 14.2 Å². The van der Waals surface area contributed by atoms with E-state index in [9.17, 15) is 4.79 Å². The van der Waals surface area contributed by atoms with E-state index in [2.05, 4.69) is 31.3 Å². The van der Waals surface area contributed by atoms with Gasteiger partial charge in [0.15, 0.2) is 11.5 Å². The molecule has 0 aliphatic carbocycles.